The molecule has 22 heavy (non-hydrogen) atoms. The Morgan fingerprint density at radius 3 is 3.09 bits per heavy atom. The Morgan fingerprint density at radius 1 is 1.45 bits per heavy atom. The normalized spacial score (nSPS) is 17.5. The zero-order valence-corrected chi connectivity index (χ0v) is 13.7. The second kappa shape index (κ2) is 6.54. The van der Waals surface area contributed by atoms with Gasteiger partial charge >= 0.3 is 0 Å². The van der Waals surface area contributed by atoms with Crippen LogP contribution < -0.4 is 20.7 Å². The Labute approximate surface area is 134 Å². The second-order valence-corrected chi connectivity index (χ2v) is 6.48. The first-order valence-corrected chi connectivity index (χ1v) is 8.40. The van der Waals surface area contributed by atoms with E-state index in [0.29, 0.717) is 0 Å². The Kier molecular flexibility index (Phi) is 4.49. The summed E-state index contributed by atoms with van der Waals surface area (Å²) in [5.41, 5.74) is 0.925. The van der Waals surface area contributed by atoms with Gasteiger partial charge in [-0.2, -0.15) is 0 Å². The molecule has 0 bridgehead atoms. The van der Waals surface area contributed by atoms with Crippen molar-refractivity contribution in [3.05, 3.63) is 23.1 Å². The molecule has 1 aliphatic rings. The van der Waals surface area contributed by atoms with Gasteiger partial charge in [0.1, 0.15) is 10.6 Å². The summed E-state index contributed by atoms with van der Waals surface area (Å²) in [6.07, 6.45) is 1.09. The van der Waals surface area contributed by atoms with E-state index >= 15 is 0 Å². The van der Waals surface area contributed by atoms with E-state index in [1.54, 1.807) is 7.11 Å². The summed E-state index contributed by atoms with van der Waals surface area (Å²) in [6, 6.07) is 6.01. The van der Waals surface area contributed by atoms with Crippen LogP contribution in [0.1, 0.15) is 23.0 Å². The number of ether oxygens (including phenoxy) is 1. The highest BCUT2D eigenvalue weighted by Gasteiger charge is 2.25. The number of nitrogens with one attached hydrogen (secondary N) is 3. The van der Waals surface area contributed by atoms with Crippen molar-refractivity contribution in [2.45, 2.75) is 19.4 Å². The molecule has 118 valence electrons. The van der Waals surface area contributed by atoms with Crippen LogP contribution in [0, 0.1) is 0 Å². The zero-order chi connectivity index (χ0) is 15.5. The Hall–Kier alpha value is -1.79. The monoisotopic (exact) mass is 319 g/mol. The van der Waals surface area contributed by atoms with Gasteiger partial charge in [-0.15, -0.1) is 11.3 Å². The first kappa shape index (κ1) is 15.1. The van der Waals surface area contributed by atoms with Crippen molar-refractivity contribution in [1.82, 2.24) is 10.6 Å². The number of rotatable bonds is 5. The number of fused-ring (bicyclic) bond motifs is 3. The zero-order valence-electron chi connectivity index (χ0n) is 12.9. The van der Waals surface area contributed by atoms with Gasteiger partial charge in [-0.1, -0.05) is 6.92 Å². The summed E-state index contributed by atoms with van der Waals surface area (Å²) in [5, 5.41) is 10.9. The average Bonchev–Trinajstić information content (AvgIpc) is 2.82. The molecular weight excluding hydrogens is 298 g/mol. The van der Waals surface area contributed by atoms with E-state index in [1.807, 2.05) is 18.2 Å². The van der Waals surface area contributed by atoms with Crippen molar-refractivity contribution < 1.29 is 9.53 Å². The van der Waals surface area contributed by atoms with Crippen LogP contribution in [0.4, 0.5) is 5.69 Å². The Morgan fingerprint density at radius 2 is 2.32 bits per heavy atom. The Bertz CT molecular complexity index is 683. The summed E-state index contributed by atoms with van der Waals surface area (Å²) in [5.74, 6) is 0.809. The van der Waals surface area contributed by atoms with Crippen LogP contribution in [0.3, 0.4) is 0 Å². The van der Waals surface area contributed by atoms with E-state index in [0.717, 1.165) is 52.5 Å². The Balaban J connectivity index is 1.86. The van der Waals surface area contributed by atoms with Gasteiger partial charge in [-0.05, 0) is 31.2 Å². The minimum absolute atomic E-state index is 0.00321. The second-order valence-electron chi connectivity index (χ2n) is 5.42. The van der Waals surface area contributed by atoms with E-state index < -0.39 is 0 Å². The fourth-order valence-corrected chi connectivity index (χ4v) is 3.71. The molecule has 0 spiro atoms. The number of methoxy groups -OCH3 is 1. The number of carbonyl (C=O) groups excluding carboxylic acids is 1. The van der Waals surface area contributed by atoms with Crippen molar-refractivity contribution >= 4 is 33.0 Å². The third kappa shape index (κ3) is 2.89. The van der Waals surface area contributed by atoms with Gasteiger partial charge in [0.05, 0.1) is 18.8 Å². The smallest absolute Gasteiger partial charge is 0.263 e. The topological polar surface area (TPSA) is 62.4 Å². The fraction of sp³-hybridized carbons (Fsp3) is 0.438. The summed E-state index contributed by atoms with van der Waals surface area (Å²) in [4.78, 5) is 13.2. The lowest BCUT2D eigenvalue weighted by atomic mass is 10.2. The van der Waals surface area contributed by atoms with Crippen molar-refractivity contribution in [3.63, 3.8) is 0 Å². The van der Waals surface area contributed by atoms with Gasteiger partial charge < -0.3 is 20.7 Å². The molecule has 2 aromatic rings. The molecule has 0 aliphatic carbocycles. The van der Waals surface area contributed by atoms with Gasteiger partial charge in [-0.3, -0.25) is 4.79 Å². The summed E-state index contributed by atoms with van der Waals surface area (Å²) in [7, 11) is 1.65. The number of carbonyl (C=O) groups is 1. The highest BCUT2D eigenvalue weighted by molar-refractivity contribution is 7.21. The minimum atomic E-state index is 0.00321. The van der Waals surface area contributed by atoms with Crippen molar-refractivity contribution in [3.8, 4) is 5.75 Å². The van der Waals surface area contributed by atoms with Crippen LogP contribution in [0.2, 0.25) is 0 Å². The average molecular weight is 319 g/mol. The number of hydrogen-bond acceptors (Lipinski definition) is 5. The standard InChI is InChI=1S/C16H21N3O2S/c1-3-6-17-8-10-9-18-14-12-7-11(21-2)4-5-13(12)22-15(14)16(20)19-10/h4-5,7,10,17-18H,3,6,8-9H2,1-2H3,(H,19,20)/t10-/m1/s1. The minimum Gasteiger partial charge on any atom is -0.497 e. The molecule has 2 heterocycles. The number of thiophene rings is 1. The van der Waals surface area contributed by atoms with Crippen LogP contribution in [0.25, 0.3) is 10.1 Å². The third-order valence-electron chi connectivity index (χ3n) is 3.78. The molecule has 3 N–H and O–H groups in total. The highest BCUT2D eigenvalue weighted by atomic mass is 32.1. The quantitative estimate of drug-likeness (QED) is 0.741. The van der Waals surface area contributed by atoms with Gasteiger partial charge in [0.15, 0.2) is 0 Å². The maximum Gasteiger partial charge on any atom is 0.263 e. The maximum atomic E-state index is 12.5. The van der Waals surface area contributed by atoms with E-state index in [1.165, 1.54) is 11.3 Å². The largest absolute Gasteiger partial charge is 0.497 e. The number of hydrogen-bond donors (Lipinski definition) is 3. The molecule has 0 unspecified atom stereocenters. The molecule has 0 saturated heterocycles. The van der Waals surface area contributed by atoms with Gasteiger partial charge in [-0.25, -0.2) is 0 Å². The molecule has 3 rings (SSSR count). The van der Waals surface area contributed by atoms with Gasteiger partial charge in [0.2, 0.25) is 0 Å². The van der Waals surface area contributed by atoms with Gasteiger partial charge in [0.25, 0.3) is 5.91 Å². The van der Waals surface area contributed by atoms with E-state index in [4.69, 9.17) is 4.74 Å². The lowest BCUT2D eigenvalue weighted by Crippen LogP contribution is -2.44. The van der Waals surface area contributed by atoms with E-state index in [2.05, 4.69) is 22.9 Å². The van der Waals surface area contributed by atoms with E-state index in [9.17, 15) is 4.79 Å². The number of benzene rings is 1. The third-order valence-corrected chi connectivity index (χ3v) is 4.95. The predicted octanol–water partition coefficient (Wildman–Crippen LogP) is 2.43. The first-order chi connectivity index (χ1) is 10.7. The van der Waals surface area contributed by atoms with Crippen molar-refractivity contribution in [1.29, 1.82) is 0 Å². The molecule has 1 aromatic carbocycles. The first-order valence-electron chi connectivity index (χ1n) is 7.59. The summed E-state index contributed by atoms with van der Waals surface area (Å²) in [6.45, 7) is 4.60. The van der Waals surface area contributed by atoms with Gasteiger partial charge in [0, 0.05) is 23.2 Å². The molecule has 0 saturated carbocycles. The molecule has 1 aromatic heterocycles. The van der Waals surface area contributed by atoms with Crippen LogP contribution in [-0.4, -0.2) is 38.7 Å². The van der Waals surface area contributed by atoms with E-state index in [-0.39, 0.29) is 11.9 Å². The highest BCUT2D eigenvalue weighted by Crippen LogP contribution is 2.38. The SMILES string of the molecule is CCCNC[C@@H]1CNc2c(sc3ccc(OC)cc23)C(=O)N1. The predicted molar refractivity (Wildman–Crippen MR) is 91.3 cm³/mol. The van der Waals surface area contributed by atoms with Crippen LogP contribution in [0.5, 0.6) is 5.75 Å². The van der Waals surface area contributed by atoms with Crippen LogP contribution in [0.15, 0.2) is 18.2 Å². The molecule has 0 fully saturated rings. The van der Waals surface area contributed by atoms with Crippen LogP contribution in [-0.2, 0) is 0 Å². The van der Waals surface area contributed by atoms with Crippen LogP contribution >= 0.6 is 11.3 Å². The fourth-order valence-electron chi connectivity index (χ4n) is 2.64. The lowest BCUT2D eigenvalue weighted by Gasteiger charge is -2.16. The molecule has 1 aliphatic heterocycles. The lowest BCUT2D eigenvalue weighted by molar-refractivity contribution is 0.0946. The molecule has 1 amide bonds. The maximum absolute atomic E-state index is 12.5. The molecule has 1 atom stereocenters. The van der Waals surface area contributed by atoms with Crippen molar-refractivity contribution in [2.24, 2.45) is 0 Å². The molecule has 5 nitrogen and oxygen atoms in total. The number of amides is 1. The summed E-state index contributed by atoms with van der Waals surface area (Å²) >= 11 is 1.52. The molecule has 6 heteroatoms. The molecule has 0 radical (unpaired) electrons. The molecular formula is C16H21N3O2S. The summed E-state index contributed by atoms with van der Waals surface area (Å²) < 4.78 is 6.39. The number of anilines is 1. The van der Waals surface area contributed by atoms with Crippen molar-refractivity contribution in [2.75, 3.05) is 32.1 Å².